The molecule has 132 valence electrons. The largest absolute Gasteiger partial charge is 0.497 e. The van der Waals surface area contributed by atoms with Gasteiger partial charge in [-0.2, -0.15) is 0 Å². The maximum absolute atomic E-state index is 6.10. The fourth-order valence-electron chi connectivity index (χ4n) is 2.62. The van der Waals surface area contributed by atoms with Crippen LogP contribution < -0.4 is 14.9 Å². The van der Waals surface area contributed by atoms with E-state index in [4.69, 9.17) is 18.8 Å². The molecule has 5 heteroatoms. The van der Waals surface area contributed by atoms with E-state index in [1.807, 2.05) is 48.5 Å². The van der Waals surface area contributed by atoms with Gasteiger partial charge >= 0.3 is 7.12 Å². The Labute approximate surface area is 150 Å². The molecule has 25 heavy (non-hydrogen) atoms. The Morgan fingerprint density at radius 2 is 1.52 bits per heavy atom. The summed E-state index contributed by atoms with van der Waals surface area (Å²) >= 11 is 0. The summed E-state index contributed by atoms with van der Waals surface area (Å²) in [5.41, 5.74) is 1.35. The number of hydrogen-bond donors (Lipinski definition) is 0. The molecule has 2 aromatic carbocycles. The van der Waals surface area contributed by atoms with E-state index in [1.54, 1.807) is 7.11 Å². The van der Waals surface area contributed by atoms with Crippen molar-refractivity contribution in [3.8, 4) is 11.5 Å². The highest BCUT2D eigenvalue weighted by Gasteiger charge is 2.51. The first kappa shape index (κ1) is 17.8. The number of hydrogen-bond acceptors (Lipinski definition) is 4. The summed E-state index contributed by atoms with van der Waals surface area (Å²) in [7, 11) is 1.28. The molecule has 1 aliphatic rings. The molecule has 1 aliphatic heterocycles. The molecule has 0 amide bonds. The second kappa shape index (κ2) is 6.73. The molecule has 3 rings (SSSR count). The van der Waals surface area contributed by atoms with E-state index in [2.05, 4.69) is 27.7 Å². The first-order valence-electron chi connectivity index (χ1n) is 8.52. The smallest absolute Gasteiger partial charge is 0.494 e. The Kier molecular flexibility index (Phi) is 4.80. The van der Waals surface area contributed by atoms with Gasteiger partial charge in [0.15, 0.2) is 0 Å². The predicted octanol–water partition coefficient (Wildman–Crippen LogP) is 3.57. The van der Waals surface area contributed by atoms with Crippen molar-refractivity contribution < 1.29 is 18.8 Å². The minimum Gasteiger partial charge on any atom is -0.497 e. The van der Waals surface area contributed by atoms with Gasteiger partial charge in [0.2, 0.25) is 0 Å². The number of methoxy groups -OCH3 is 1. The molecule has 0 saturated carbocycles. The lowest BCUT2D eigenvalue weighted by atomic mass is 9.79. The van der Waals surface area contributed by atoms with Crippen molar-refractivity contribution in [3.05, 3.63) is 54.1 Å². The van der Waals surface area contributed by atoms with E-state index < -0.39 is 0 Å². The molecule has 1 saturated heterocycles. The van der Waals surface area contributed by atoms with Gasteiger partial charge in [-0.05, 0) is 63.0 Å². The standard InChI is InChI=1S/C20H25BO4/c1-19(2)20(3,4)25-21(24-19)16-7-6-8-18(13-16)23-14-15-9-11-17(22-5)12-10-15/h6-13H,14H2,1-5H3. The Balaban J connectivity index is 1.67. The first-order valence-corrected chi connectivity index (χ1v) is 8.52. The second-order valence-electron chi connectivity index (χ2n) is 7.30. The molecule has 1 heterocycles. The highest BCUT2D eigenvalue weighted by atomic mass is 16.7. The molecule has 1 fully saturated rings. The second-order valence-corrected chi connectivity index (χ2v) is 7.30. The lowest BCUT2D eigenvalue weighted by Crippen LogP contribution is -2.41. The van der Waals surface area contributed by atoms with E-state index in [9.17, 15) is 0 Å². The van der Waals surface area contributed by atoms with Crippen molar-refractivity contribution in [2.24, 2.45) is 0 Å². The Morgan fingerprint density at radius 3 is 2.12 bits per heavy atom. The fourth-order valence-corrected chi connectivity index (χ4v) is 2.62. The summed E-state index contributed by atoms with van der Waals surface area (Å²) in [5, 5.41) is 0. The molecule has 0 spiro atoms. The van der Waals surface area contributed by atoms with Gasteiger partial charge in [0, 0.05) is 0 Å². The quantitative estimate of drug-likeness (QED) is 0.780. The predicted molar refractivity (Wildman–Crippen MR) is 99.5 cm³/mol. The van der Waals surface area contributed by atoms with E-state index >= 15 is 0 Å². The lowest BCUT2D eigenvalue weighted by molar-refractivity contribution is 0.00578. The molecule has 0 bridgehead atoms. The topological polar surface area (TPSA) is 36.9 Å². The van der Waals surface area contributed by atoms with Crippen molar-refractivity contribution in [1.82, 2.24) is 0 Å². The third-order valence-electron chi connectivity index (χ3n) is 4.95. The number of benzene rings is 2. The molecule has 2 aromatic rings. The van der Waals surface area contributed by atoms with Crippen molar-refractivity contribution in [2.75, 3.05) is 7.11 Å². The monoisotopic (exact) mass is 340 g/mol. The third kappa shape index (κ3) is 3.83. The normalized spacial score (nSPS) is 18.2. The van der Waals surface area contributed by atoms with E-state index in [-0.39, 0.29) is 18.3 Å². The van der Waals surface area contributed by atoms with Crippen LogP contribution in [0.3, 0.4) is 0 Å². The summed E-state index contributed by atoms with van der Waals surface area (Å²) in [4.78, 5) is 0. The molecule has 0 radical (unpaired) electrons. The molecule has 0 aliphatic carbocycles. The average Bonchev–Trinajstić information content (AvgIpc) is 2.81. The zero-order valence-electron chi connectivity index (χ0n) is 15.5. The zero-order valence-corrected chi connectivity index (χ0v) is 15.5. The van der Waals surface area contributed by atoms with Crippen LogP contribution in [0.2, 0.25) is 0 Å². The van der Waals surface area contributed by atoms with Crippen LogP contribution in [-0.4, -0.2) is 25.4 Å². The minimum atomic E-state index is -0.380. The SMILES string of the molecule is COc1ccc(COc2cccc(B3OC(C)(C)C(C)(C)O3)c2)cc1. The van der Waals surface area contributed by atoms with Gasteiger partial charge in [-0.1, -0.05) is 24.3 Å². The summed E-state index contributed by atoms with van der Waals surface area (Å²) in [6, 6.07) is 15.7. The molecule has 0 aromatic heterocycles. The number of ether oxygens (including phenoxy) is 2. The molecule has 0 atom stereocenters. The van der Waals surface area contributed by atoms with Gasteiger partial charge in [-0.3, -0.25) is 0 Å². The summed E-state index contributed by atoms with van der Waals surface area (Å²) in [6.07, 6.45) is 0. The highest BCUT2D eigenvalue weighted by Crippen LogP contribution is 2.36. The molecular formula is C20H25BO4. The van der Waals surface area contributed by atoms with E-state index in [0.29, 0.717) is 6.61 Å². The van der Waals surface area contributed by atoms with Gasteiger partial charge in [0.1, 0.15) is 18.1 Å². The van der Waals surface area contributed by atoms with Crippen molar-refractivity contribution in [3.63, 3.8) is 0 Å². The van der Waals surface area contributed by atoms with Crippen LogP contribution >= 0.6 is 0 Å². The van der Waals surface area contributed by atoms with Gasteiger partial charge < -0.3 is 18.8 Å². The highest BCUT2D eigenvalue weighted by molar-refractivity contribution is 6.62. The number of rotatable bonds is 5. The molecule has 0 N–H and O–H groups in total. The summed E-state index contributed by atoms with van der Waals surface area (Å²) in [5.74, 6) is 1.63. The van der Waals surface area contributed by atoms with Crippen LogP contribution in [0.1, 0.15) is 33.3 Å². The average molecular weight is 340 g/mol. The van der Waals surface area contributed by atoms with Crippen molar-refractivity contribution >= 4 is 12.6 Å². The summed E-state index contributed by atoms with van der Waals surface area (Å²) < 4.78 is 23.3. The maximum Gasteiger partial charge on any atom is 0.494 e. The summed E-state index contributed by atoms with van der Waals surface area (Å²) in [6.45, 7) is 8.71. The lowest BCUT2D eigenvalue weighted by Gasteiger charge is -2.32. The zero-order chi connectivity index (χ0) is 18.1. The van der Waals surface area contributed by atoms with Gasteiger partial charge in [0.05, 0.1) is 18.3 Å². The fraction of sp³-hybridized carbons (Fsp3) is 0.400. The first-order chi connectivity index (χ1) is 11.8. The molecule has 0 unspecified atom stereocenters. The van der Waals surface area contributed by atoms with Crippen LogP contribution in [0.4, 0.5) is 0 Å². The molecular weight excluding hydrogens is 315 g/mol. The van der Waals surface area contributed by atoms with Crippen LogP contribution in [0.15, 0.2) is 48.5 Å². The van der Waals surface area contributed by atoms with Crippen LogP contribution in [0, 0.1) is 0 Å². The van der Waals surface area contributed by atoms with Crippen molar-refractivity contribution in [1.29, 1.82) is 0 Å². The molecule has 4 nitrogen and oxygen atoms in total. The van der Waals surface area contributed by atoms with E-state index in [1.165, 1.54) is 0 Å². The van der Waals surface area contributed by atoms with Gasteiger partial charge in [-0.25, -0.2) is 0 Å². The maximum atomic E-state index is 6.10. The van der Waals surface area contributed by atoms with Crippen LogP contribution in [0.5, 0.6) is 11.5 Å². The Bertz CT molecular complexity index is 709. The van der Waals surface area contributed by atoms with Crippen LogP contribution in [0.25, 0.3) is 0 Å². The van der Waals surface area contributed by atoms with Crippen LogP contribution in [-0.2, 0) is 15.9 Å². The Hall–Kier alpha value is -1.98. The minimum absolute atomic E-state index is 0.350. The van der Waals surface area contributed by atoms with E-state index in [0.717, 1.165) is 22.5 Å². The van der Waals surface area contributed by atoms with Gasteiger partial charge in [0.25, 0.3) is 0 Å². The van der Waals surface area contributed by atoms with Crippen molar-refractivity contribution in [2.45, 2.75) is 45.5 Å². The Morgan fingerprint density at radius 1 is 0.880 bits per heavy atom. The van der Waals surface area contributed by atoms with Gasteiger partial charge in [-0.15, -0.1) is 0 Å². The third-order valence-corrected chi connectivity index (χ3v) is 4.95.